The van der Waals surface area contributed by atoms with Crippen molar-refractivity contribution in [1.82, 2.24) is 15.0 Å². The Morgan fingerprint density at radius 1 is 1.15 bits per heavy atom. The highest BCUT2D eigenvalue weighted by Gasteiger charge is 2.06. The van der Waals surface area contributed by atoms with Gasteiger partial charge in [0.1, 0.15) is 11.0 Å². The van der Waals surface area contributed by atoms with Gasteiger partial charge in [0, 0.05) is 15.6 Å². The van der Waals surface area contributed by atoms with Crippen LogP contribution in [0.2, 0.25) is 5.02 Å². The molecule has 0 aliphatic heterocycles. The normalized spacial score (nSPS) is 10.5. The van der Waals surface area contributed by atoms with E-state index in [1.165, 1.54) is 4.80 Å². The Balaban J connectivity index is 2.12. The highest BCUT2D eigenvalue weighted by atomic mass is 35.5. The van der Waals surface area contributed by atoms with Gasteiger partial charge in [0.05, 0.1) is 5.69 Å². The third kappa shape index (κ3) is 2.18. The van der Waals surface area contributed by atoms with Crippen LogP contribution in [-0.2, 0) is 0 Å². The van der Waals surface area contributed by atoms with Crippen LogP contribution >= 0.6 is 11.6 Å². The Bertz CT molecular complexity index is 847. The minimum atomic E-state index is 0.508. The number of azide groups is 1. The number of hydrogen-bond acceptors (Lipinski definition) is 3. The summed E-state index contributed by atoms with van der Waals surface area (Å²) >= 11 is 6.10. The average molecular weight is 285 g/mol. The number of nitrogens with zero attached hydrogens (tertiary/aromatic N) is 6. The molecule has 0 bridgehead atoms. The number of rotatable bonds is 2. The third-order valence-corrected chi connectivity index (χ3v) is 3.32. The second kappa shape index (κ2) is 4.85. The van der Waals surface area contributed by atoms with Crippen molar-refractivity contribution in [2.75, 3.05) is 0 Å². The number of aryl methyl sites for hydroxylation is 1. The van der Waals surface area contributed by atoms with Gasteiger partial charge >= 0.3 is 0 Å². The zero-order valence-electron chi connectivity index (χ0n) is 10.5. The standard InChI is InChI=1S/C13H9ClN6/c1-8-2-4-10(7-11(8)14)20-17-12-5-3-9(16-19-15)6-13(12)18-20/h2-7H,1H3. The first-order chi connectivity index (χ1) is 9.67. The zero-order valence-corrected chi connectivity index (χ0v) is 11.3. The highest BCUT2D eigenvalue weighted by molar-refractivity contribution is 6.31. The largest absolute Gasteiger partial charge is 0.150 e. The molecule has 3 aromatic rings. The Morgan fingerprint density at radius 3 is 2.70 bits per heavy atom. The third-order valence-electron chi connectivity index (χ3n) is 2.91. The van der Waals surface area contributed by atoms with Crippen LogP contribution in [0.4, 0.5) is 5.69 Å². The molecular formula is C13H9ClN6. The van der Waals surface area contributed by atoms with Gasteiger partial charge in [0.2, 0.25) is 0 Å². The molecule has 0 saturated carbocycles. The van der Waals surface area contributed by atoms with Crippen molar-refractivity contribution >= 4 is 28.3 Å². The number of aromatic nitrogens is 3. The van der Waals surface area contributed by atoms with E-state index in [4.69, 9.17) is 17.1 Å². The van der Waals surface area contributed by atoms with Crippen molar-refractivity contribution in [3.05, 3.63) is 57.4 Å². The lowest BCUT2D eigenvalue weighted by Gasteiger charge is -2.01. The molecule has 3 rings (SSSR count). The zero-order chi connectivity index (χ0) is 14.1. The minimum absolute atomic E-state index is 0.508. The molecular weight excluding hydrogens is 276 g/mol. The van der Waals surface area contributed by atoms with Crippen LogP contribution in [0.3, 0.4) is 0 Å². The van der Waals surface area contributed by atoms with Gasteiger partial charge < -0.3 is 0 Å². The molecule has 0 radical (unpaired) electrons. The van der Waals surface area contributed by atoms with Gasteiger partial charge in [-0.3, -0.25) is 0 Å². The summed E-state index contributed by atoms with van der Waals surface area (Å²) in [7, 11) is 0. The van der Waals surface area contributed by atoms with Gasteiger partial charge in [0.25, 0.3) is 0 Å². The van der Waals surface area contributed by atoms with E-state index in [0.29, 0.717) is 16.2 Å². The van der Waals surface area contributed by atoms with E-state index in [9.17, 15) is 0 Å². The van der Waals surface area contributed by atoms with Crippen LogP contribution in [0.1, 0.15) is 5.56 Å². The molecule has 2 aromatic carbocycles. The fourth-order valence-electron chi connectivity index (χ4n) is 1.84. The first-order valence-electron chi connectivity index (χ1n) is 5.86. The summed E-state index contributed by atoms with van der Waals surface area (Å²) in [6.07, 6.45) is 0. The van der Waals surface area contributed by atoms with Crippen molar-refractivity contribution in [2.45, 2.75) is 6.92 Å². The summed E-state index contributed by atoms with van der Waals surface area (Å²) in [5, 5.41) is 12.9. The SMILES string of the molecule is Cc1ccc(-n2nc3ccc(N=[N+]=[N-])cc3n2)cc1Cl. The van der Waals surface area contributed by atoms with Crippen molar-refractivity contribution in [3.8, 4) is 5.69 Å². The van der Waals surface area contributed by atoms with Crippen LogP contribution in [0, 0.1) is 6.92 Å². The number of benzene rings is 2. The molecule has 0 fully saturated rings. The molecule has 7 heteroatoms. The van der Waals surface area contributed by atoms with Gasteiger partial charge in [-0.1, -0.05) is 28.8 Å². The molecule has 98 valence electrons. The maximum absolute atomic E-state index is 8.43. The molecule has 1 aromatic heterocycles. The molecule has 0 amide bonds. The van der Waals surface area contributed by atoms with Crippen LogP contribution in [0.5, 0.6) is 0 Å². The Hall–Kier alpha value is -2.56. The smallest absolute Gasteiger partial charge is 0.114 e. The van der Waals surface area contributed by atoms with Gasteiger partial charge in [-0.2, -0.15) is 4.80 Å². The Kier molecular flexibility index (Phi) is 3.02. The molecule has 0 spiro atoms. The Labute approximate surface area is 119 Å². The van der Waals surface area contributed by atoms with E-state index in [1.54, 1.807) is 18.2 Å². The molecule has 20 heavy (non-hydrogen) atoms. The minimum Gasteiger partial charge on any atom is -0.150 e. The molecule has 0 aliphatic rings. The monoisotopic (exact) mass is 284 g/mol. The van der Waals surface area contributed by atoms with Crippen LogP contribution < -0.4 is 0 Å². The van der Waals surface area contributed by atoms with Gasteiger partial charge in [-0.25, -0.2) is 0 Å². The lowest BCUT2D eigenvalue weighted by atomic mass is 10.2. The Morgan fingerprint density at radius 2 is 1.95 bits per heavy atom. The number of fused-ring (bicyclic) bond motifs is 1. The number of hydrogen-bond donors (Lipinski definition) is 0. The van der Waals surface area contributed by atoms with Crippen molar-refractivity contribution in [1.29, 1.82) is 0 Å². The second-order valence-electron chi connectivity index (χ2n) is 4.29. The quantitative estimate of drug-likeness (QED) is 0.399. The summed E-state index contributed by atoms with van der Waals surface area (Å²) in [6, 6.07) is 10.8. The molecule has 0 saturated heterocycles. The van der Waals surface area contributed by atoms with Gasteiger partial charge in [0.15, 0.2) is 0 Å². The van der Waals surface area contributed by atoms with E-state index < -0.39 is 0 Å². The molecule has 1 heterocycles. The van der Waals surface area contributed by atoms with Crippen molar-refractivity contribution in [2.24, 2.45) is 5.11 Å². The molecule has 6 nitrogen and oxygen atoms in total. The number of halogens is 1. The summed E-state index contributed by atoms with van der Waals surface area (Å²) in [4.78, 5) is 4.26. The fourth-order valence-corrected chi connectivity index (χ4v) is 2.01. The maximum Gasteiger partial charge on any atom is 0.114 e. The maximum atomic E-state index is 8.43. The summed E-state index contributed by atoms with van der Waals surface area (Å²) in [5.41, 5.74) is 12.1. The first-order valence-corrected chi connectivity index (χ1v) is 6.24. The van der Waals surface area contributed by atoms with Gasteiger partial charge in [-0.15, -0.1) is 10.2 Å². The first kappa shape index (κ1) is 12.5. The lowest BCUT2D eigenvalue weighted by molar-refractivity contribution is 0.765. The molecule has 0 aliphatic carbocycles. The fraction of sp³-hybridized carbons (Fsp3) is 0.0769. The predicted molar refractivity (Wildman–Crippen MR) is 77.4 cm³/mol. The predicted octanol–water partition coefficient (Wildman–Crippen LogP) is 4.32. The van der Waals surface area contributed by atoms with E-state index in [2.05, 4.69) is 20.2 Å². The van der Waals surface area contributed by atoms with Crippen LogP contribution in [0.15, 0.2) is 41.5 Å². The van der Waals surface area contributed by atoms with E-state index in [0.717, 1.165) is 16.8 Å². The molecule has 0 unspecified atom stereocenters. The summed E-state index contributed by atoms with van der Waals surface area (Å²) < 4.78 is 0. The summed E-state index contributed by atoms with van der Waals surface area (Å²) in [5.74, 6) is 0. The van der Waals surface area contributed by atoms with E-state index in [-0.39, 0.29) is 0 Å². The van der Waals surface area contributed by atoms with Gasteiger partial charge in [-0.05, 0) is 42.3 Å². The summed E-state index contributed by atoms with van der Waals surface area (Å²) in [6.45, 7) is 1.94. The van der Waals surface area contributed by atoms with Crippen molar-refractivity contribution in [3.63, 3.8) is 0 Å². The average Bonchev–Trinajstić information content (AvgIpc) is 2.85. The molecule has 0 atom stereocenters. The van der Waals surface area contributed by atoms with E-state index >= 15 is 0 Å². The van der Waals surface area contributed by atoms with Crippen LogP contribution in [0.25, 0.3) is 27.2 Å². The molecule has 0 N–H and O–H groups in total. The highest BCUT2D eigenvalue weighted by Crippen LogP contribution is 2.22. The van der Waals surface area contributed by atoms with Crippen molar-refractivity contribution < 1.29 is 0 Å². The topological polar surface area (TPSA) is 79.5 Å². The van der Waals surface area contributed by atoms with Crippen LogP contribution in [-0.4, -0.2) is 15.0 Å². The lowest BCUT2D eigenvalue weighted by Crippen LogP contribution is -1.98. The second-order valence-corrected chi connectivity index (χ2v) is 4.69. The van der Waals surface area contributed by atoms with E-state index in [1.807, 2.05) is 25.1 Å².